The first-order valence-electron chi connectivity index (χ1n) is 13.6. The summed E-state index contributed by atoms with van der Waals surface area (Å²) >= 11 is 0. The SMILES string of the molecule is Cn1ncc(-c2ccc3cnc(CC(=O)c4ccc(N5CCCC5)cc4)cc3c2)c1CN1CCCCC1. The number of pyridine rings is 1. The number of benzene rings is 2. The highest BCUT2D eigenvalue weighted by atomic mass is 16.1. The van der Waals surface area contributed by atoms with Crippen LogP contribution in [0.1, 0.15) is 53.8 Å². The molecule has 190 valence electrons. The molecule has 4 aromatic rings. The number of Topliss-reactive ketones (excluding diaryl/α,β-unsaturated/α-hetero) is 1. The Bertz CT molecular complexity index is 1400. The molecule has 0 saturated carbocycles. The summed E-state index contributed by atoms with van der Waals surface area (Å²) < 4.78 is 2.01. The quantitative estimate of drug-likeness (QED) is 0.312. The minimum atomic E-state index is 0.104. The highest BCUT2D eigenvalue weighted by Crippen LogP contribution is 2.29. The Morgan fingerprint density at radius 2 is 1.59 bits per heavy atom. The van der Waals surface area contributed by atoms with E-state index in [1.165, 1.54) is 49.0 Å². The molecule has 0 aliphatic carbocycles. The first-order valence-corrected chi connectivity index (χ1v) is 13.6. The molecule has 2 aromatic heterocycles. The number of aromatic nitrogens is 3. The molecule has 0 unspecified atom stereocenters. The summed E-state index contributed by atoms with van der Waals surface area (Å²) in [6.45, 7) is 5.46. The lowest BCUT2D eigenvalue weighted by molar-refractivity contribution is 0.0992. The number of fused-ring (bicyclic) bond motifs is 1. The smallest absolute Gasteiger partial charge is 0.168 e. The van der Waals surface area contributed by atoms with Gasteiger partial charge in [-0.1, -0.05) is 18.6 Å². The fourth-order valence-corrected chi connectivity index (χ4v) is 5.77. The van der Waals surface area contributed by atoms with Crippen molar-refractivity contribution in [2.45, 2.75) is 45.1 Å². The molecule has 0 N–H and O–H groups in total. The van der Waals surface area contributed by atoms with E-state index in [1.54, 1.807) is 0 Å². The van der Waals surface area contributed by atoms with Crippen LogP contribution < -0.4 is 4.90 Å². The number of nitrogens with zero attached hydrogens (tertiary/aromatic N) is 5. The van der Waals surface area contributed by atoms with E-state index >= 15 is 0 Å². The summed E-state index contributed by atoms with van der Waals surface area (Å²) in [4.78, 5) is 22.6. The minimum Gasteiger partial charge on any atom is -0.372 e. The highest BCUT2D eigenvalue weighted by Gasteiger charge is 2.18. The third-order valence-corrected chi connectivity index (χ3v) is 7.98. The molecule has 4 heterocycles. The van der Waals surface area contributed by atoms with Gasteiger partial charge in [-0.2, -0.15) is 5.10 Å². The van der Waals surface area contributed by atoms with Crippen molar-refractivity contribution in [3.05, 3.63) is 77.9 Å². The van der Waals surface area contributed by atoms with Crippen LogP contribution in [0.3, 0.4) is 0 Å². The molecular weight excluding hydrogens is 458 g/mol. The Kier molecular flexibility index (Phi) is 6.75. The third-order valence-electron chi connectivity index (χ3n) is 7.98. The summed E-state index contributed by atoms with van der Waals surface area (Å²) in [6, 6.07) is 16.6. The van der Waals surface area contributed by atoms with Crippen molar-refractivity contribution in [1.29, 1.82) is 0 Å². The molecule has 0 spiro atoms. The van der Waals surface area contributed by atoms with Crippen LogP contribution in [0.15, 0.2) is 60.9 Å². The molecular formula is C31H35N5O. The monoisotopic (exact) mass is 493 g/mol. The Hall–Kier alpha value is -3.51. The van der Waals surface area contributed by atoms with Crippen LogP contribution in [0.5, 0.6) is 0 Å². The van der Waals surface area contributed by atoms with Gasteiger partial charge >= 0.3 is 0 Å². The van der Waals surface area contributed by atoms with Crippen molar-refractivity contribution >= 4 is 22.2 Å². The van der Waals surface area contributed by atoms with Gasteiger partial charge in [-0.25, -0.2) is 0 Å². The van der Waals surface area contributed by atoms with Gasteiger partial charge in [0.25, 0.3) is 0 Å². The van der Waals surface area contributed by atoms with Crippen molar-refractivity contribution in [1.82, 2.24) is 19.7 Å². The molecule has 2 saturated heterocycles. The van der Waals surface area contributed by atoms with Crippen LogP contribution >= 0.6 is 0 Å². The molecule has 2 aliphatic heterocycles. The average Bonchev–Trinajstić information content (AvgIpc) is 3.60. The zero-order valence-corrected chi connectivity index (χ0v) is 21.7. The first kappa shape index (κ1) is 23.9. The number of hydrogen-bond donors (Lipinski definition) is 0. The summed E-state index contributed by atoms with van der Waals surface area (Å²) in [5, 5.41) is 6.77. The van der Waals surface area contributed by atoms with Crippen LogP contribution in [0.2, 0.25) is 0 Å². The molecule has 0 bridgehead atoms. The normalized spacial score (nSPS) is 16.5. The molecule has 2 aliphatic rings. The number of carbonyl (C=O) groups excluding carboxylic acids is 1. The number of carbonyl (C=O) groups is 1. The van der Waals surface area contributed by atoms with E-state index < -0.39 is 0 Å². The van der Waals surface area contributed by atoms with Crippen molar-refractivity contribution in [2.24, 2.45) is 7.05 Å². The maximum Gasteiger partial charge on any atom is 0.168 e. The number of ketones is 1. The topological polar surface area (TPSA) is 54.3 Å². The lowest BCUT2D eigenvalue weighted by Gasteiger charge is -2.26. The summed E-state index contributed by atoms with van der Waals surface area (Å²) in [5.74, 6) is 0.104. The zero-order valence-electron chi connectivity index (χ0n) is 21.7. The van der Waals surface area contributed by atoms with Crippen LogP contribution in [0.4, 0.5) is 5.69 Å². The predicted molar refractivity (Wildman–Crippen MR) is 149 cm³/mol. The van der Waals surface area contributed by atoms with E-state index in [4.69, 9.17) is 0 Å². The largest absolute Gasteiger partial charge is 0.372 e. The second-order valence-electron chi connectivity index (χ2n) is 10.5. The Labute approximate surface area is 218 Å². The van der Waals surface area contributed by atoms with E-state index in [0.717, 1.165) is 60.3 Å². The Balaban J connectivity index is 1.21. The van der Waals surface area contributed by atoms with Gasteiger partial charge in [0, 0.05) is 60.8 Å². The molecule has 2 fully saturated rings. The third kappa shape index (κ3) is 5.16. The van der Waals surface area contributed by atoms with Crippen molar-refractivity contribution in [3.8, 4) is 11.1 Å². The van der Waals surface area contributed by atoms with E-state index in [0.29, 0.717) is 6.42 Å². The maximum absolute atomic E-state index is 13.0. The zero-order chi connectivity index (χ0) is 25.2. The minimum absolute atomic E-state index is 0.104. The second kappa shape index (κ2) is 10.5. The molecule has 6 heteroatoms. The van der Waals surface area contributed by atoms with Crippen molar-refractivity contribution < 1.29 is 4.79 Å². The number of aryl methyl sites for hydroxylation is 1. The maximum atomic E-state index is 13.0. The fraction of sp³-hybridized carbons (Fsp3) is 0.387. The molecule has 0 radical (unpaired) electrons. The molecule has 6 nitrogen and oxygen atoms in total. The van der Waals surface area contributed by atoms with Gasteiger partial charge in [-0.3, -0.25) is 19.4 Å². The second-order valence-corrected chi connectivity index (χ2v) is 10.5. The summed E-state index contributed by atoms with van der Waals surface area (Å²) in [5.41, 5.74) is 6.36. The van der Waals surface area contributed by atoms with Crippen LogP contribution in [-0.4, -0.2) is 51.6 Å². The van der Waals surface area contributed by atoms with Gasteiger partial charge in [0.2, 0.25) is 0 Å². The van der Waals surface area contributed by atoms with Gasteiger partial charge in [0.05, 0.1) is 18.3 Å². The molecule has 37 heavy (non-hydrogen) atoms. The Morgan fingerprint density at radius 1 is 0.838 bits per heavy atom. The molecule has 6 rings (SSSR count). The van der Waals surface area contributed by atoms with Gasteiger partial charge in [0.15, 0.2) is 5.78 Å². The molecule has 2 aromatic carbocycles. The number of rotatable bonds is 7. The lowest BCUT2D eigenvalue weighted by atomic mass is 10.00. The Morgan fingerprint density at radius 3 is 2.38 bits per heavy atom. The van der Waals surface area contributed by atoms with E-state index in [9.17, 15) is 4.79 Å². The molecule has 0 atom stereocenters. The van der Waals surface area contributed by atoms with Crippen LogP contribution in [0, 0.1) is 0 Å². The number of hydrogen-bond acceptors (Lipinski definition) is 5. The number of anilines is 1. The van der Waals surface area contributed by atoms with Gasteiger partial charge in [-0.15, -0.1) is 0 Å². The van der Waals surface area contributed by atoms with E-state index in [2.05, 4.69) is 56.3 Å². The predicted octanol–water partition coefficient (Wildman–Crippen LogP) is 5.65. The van der Waals surface area contributed by atoms with Crippen molar-refractivity contribution in [2.75, 3.05) is 31.1 Å². The van der Waals surface area contributed by atoms with Crippen LogP contribution in [-0.2, 0) is 20.0 Å². The lowest BCUT2D eigenvalue weighted by Crippen LogP contribution is -2.30. The van der Waals surface area contributed by atoms with E-state index in [1.807, 2.05) is 36.3 Å². The number of likely N-dealkylation sites (tertiary alicyclic amines) is 1. The standard InChI is InChI=1S/C31H35N5O/c1-34-30(22-35-13-3-2-4-14-35)29(21-33-34)24-7-8-25-20-32-27(18-26(25)17-24)19-31(37)23-9-11-28(12-10-23)36-15-5-6-16-36/h7-12,17-18,20-21H,2-6,13-16,19,22H2,1H3. The summed E-state index contributed by atoms with van der Waals surface area (Å²) in [6.07, 6.45) is 10.6. The van der Waals surface area contributed by atoms with Gasteiger partial charge in [0.1, 0.15) is 0 Å². The highest BCUT2D eigenvalue weighted by molar-refractivity contribution is 5.98. The van der Waals surface area contributed by atoms with Crippen LogP contribution in [0.25, 0.3) is 21.9 Å². The number of piperidine rings is 1. The van der Waals surface area contributed by atoms with Crippen molar-refractivity contribution in [3.63, 3.8) is 0 Å². The van der Waals surface area contributed by atoms with Gasteiger partial charge < -0.3 is 4.90 Å². The van der Waals surface area contributed by atoms with Gasteiger partial charge in [-0.05, 0) is 86.1 Å². The van der Waals surface area contributed by atoms with E-state index in [-0.39, 0.29) is 5.78 Å². The average molecular weight is 494 g/mol. The fourth-order valence-electron chi connectivity index (χ4n) is 5.77. The summed E-state index contributed by atoms with van der Waals surface area (Å²) in [7, 11) is 2.04. The molecule has 0 amide bonds. The first-order chi connectivity index (χ1) is 18.1.